The molecule has 3 aromatic rings. The Labute approximate surface area is 157 Å². The minimum Gasteiger partial charge on any atom is -0.322 e. The summed E-state index contributed by atoms with van der Waals surface area (Å²) in [6, 6.07) is 8.25. The first kappa shape index (κ1) is 18.0. The molecule has 3 rings (SSSR count). The second-order valence-corrected chi connectivity index (χ2v) is 7.26. The Morgan fingerprint density at radius 3 is 2.65 bits per heavy atom. The lowest BCUT2D eigenvalue weighted by Gasteiger charge is -2.16. The number of carbonyl (C=O) groups excluding carboxylic acids is 1. The highest BCUT2D eigenvalue weighted by Gasteiger charge is 2.14. The molecule has 0 unspecified atom stereocenters. The summed E-state index contributed by atoms with van der Waals surface area (Å²) in [5, 5.41) is 3.48. The maximum Gasteiger partial charge on any atom is 0.323 e. The fraction of sp³-hybridized carbons (Fsp3) is 0.263. The molecule has 0 aliphatic rings. The number of hydrogen-bond donors (Lipinski definition) is 1. The molecule has 0 fully saturated rings. The van der Waals surface area contributed by atoms with Crippen LogP contribution in [-0.2, 0) is 13.0 Å². The monoisotopic (exact) mass is 367 g/mol. The number of nitrogens with one attached hydrogen (secondary N) is 1. The van der Waals surface area contributed by atoms with Crippen molar-refractivity contribution in [1.82, 2.24) is 19.9 Å². The average Bonchev–Trinajstić information content (AvgIpc) is 2.97. The first-order valence-electron chi connectivity index (χ1n) is 8.30. The lowest BCUT2D eigenvalue weighted by Crippen LogP contribution is -2.31. The maximum absolute atomic E-state index is 12.4. The predicted octanol–water partition coefficient (Wildman–Crippen LogP) is 3.80. The van der Waals surface area contributed by atoms with Crippen molar-refractivity contribution >= 4 is 22.5 Å². The molecule has 134 valence electrons. The standard InChI is InChI=1S/C19H21N5OS/c1-13-4-6-15(7-5-13)10-17-14(2)22-18(26-17)23-19(25)24(3)12-16-11-20-8-9-21-16/h4-9,11H,10,12H2,1-3H3,(H,22,23,25). The van der Waals surface area contributed by atoms with Gasteiger partial charge in [-0.15, -0.1) is 11.3 Å². The molecule has 2 aromatic heterocycles. The van der Waals surface area contributed by atoms with Crippen LogP contribution in [0, 0.1) is 13.8 Å². The van der Waals surface area contributed by atoms with E-state index in [1.165, 1.54) is 22.5 Å². The van der Waals surface area contributed by atoms with Crippen LogP contribution in [0.25, 0.3) is 0 Å². The van der Waals surface area contributed by atoms with Gasteiger partial charge in [-0.3, -0.25) is 15.3 Å². The van der Waals surface area contributed by atoms with Gasteiger partial charge in [0.2, 0.25) is 0 Å². The fourth-order valence-corrected chi connectivity index (χ4v) is 3.44. The van der Waals surface area contributed by atoms with Gasteiger partial charge in [-0.25, -0.2) is 9.78 Å². The number of thiazole rings is 1. The predicted molar refractivity (Wildman–Crippen MR) is 103 cm³/mol. The van der Waals surface area contributed by atoms with E-state index < -0.39 is 0 Å². The van der Waals surface area contributed by atoms with Gasteiger partial charge in [0.15, 0.2) is 5.13 Å². The van der Waals surface area contributed by atoms with E-state index in [2.05, 4.69) is 51.5 Å². The Hall–Kier alpha value is -2.80. The Bertz CT molecular complexity index is 877. The number of carbonyl (C=O) groups is 1. The second-order valence-electron chi connectivity index (χ2n) is 6.17. The maximum atomic E-state index is 12.4. The Balaban J connectivity index is 1.63. The van der Waals surface area contributed by atoms with Crippen molar-refractivity contribution in [3.05, 3.63) is 70.2 Å². The number of hydrogen-bond acceptors (Lipinski definition) is 5. The van der Waals surface area contributed by atoms with Crippen LogP contribution in [0.2, 0.25) is 0 Å². The highest BCUT2D eigenvalue weighted by molar-refractivity contribution is 7.15. The zero-order chi connectivity index (χ0) is 18.5. The van der Waals surface area contributed by atoms with Crippen LogP contribution in [0.5, 0.6) is 0 Å². The van der Waals surface area contributed by atoms with E-state index in [4.69, 9.17) is 0 Å². The van der Waals surface area contributed by atoms with Gasteiger partial charge in [-0.05, 0) is 19.4 Å². The van der Waals surface area contributed by atoms with Crippen LogP contribution in [0.15, 0.2) is 42.9 Å². The van der Waals surface area contributed by atoms with Crippen molar-refractivity contribution in [3.63, 3.8) is 0 Å². The molecule has 0 aliphatic heterocycles. The molecule has 0 saturated heterocycles. The number of aromatic nitrogens is 3. The summed E-state index contributed by atoms with van der Waals surface area (Å²) in [5.41, 5.74) is 4.16. The SMILES string of the molecule is Cc1ccc(Cc2sc(NC(=O)N(C)Cc3cnccn3)nc2C)cc1. The highest BCUT2D eigenvalue weighted by Crippen LogP contribution is 2.25. The smallest absolute Gasteiger partial charge is 0.322 e. The van der Waals surface area contributed by atoms with Crippen molar-refractivity contribution < 1.29 is 4.79 Å². The zero-order valence-corrected chi connectivity index (χ0v) is 15.9. The molecule has 2 heterocycles. The topological polar surface area (TPSA) is 71.0 Å². The summed E-state index contributed by atoms with van der Waals surface area (Å²) >= 11 is 1.51. The fourth-order valence-electron chi connectivity index (χ4n) is 2.45. The summed E-state index contributed by atoms with van der Waals surface area (Å²) in [6.07, 6.45) is 5.69. The number of benzene rings is 1. The number of amides is 2. The van der Waals surface area contributed by atoms with E-state index in [0.29, 0.717) is 11.7 Å². The molecule has 7 heteroatoms. The van der Waals surface area contributed by atoms with E-state index in [1.54, 1.807) is 30.5 Å². The van der Waals surface area contributed by atoms with Gasteiger partial charge in [-0.2, -0.15) is 0 Å². The number of aryl methyl sites for hydroxylation is 2. The molecule has 0 aliphatic carbocycles. The molecular weight excluding hydrogens is 346 g/mol. The van der Waals surface area contributed by atoms with Gasteiger partial charge < -0.3 is 4.90 Å². The minimum atomic E-state index is -0.216. The van der Waals surface area contributed by atoms with E-state index in [-0.39, 0.29) is 6.03 Å². The van der Waals surface area contributed by atoms with Crippen LogP contribution >= 0.6 is 11.3 Å². The lowest BCUT2D eigenvalue weighted by molar-refractivity contribution is 0.220. The van der Waals surface area contributed by atoms with Crippen molar-refractivity contribution in [2.24, 2.45) is 0 Å². The van der Waals surface area contributed by atoms with Crippen LogP contribution in [-0.4, -0.2) is 32.9 Å². The molecule has 6 nitrogen and oxygen atoms in total. The van der Waals surface area contributed by atoms with Crippen molar-refractivity contribution in [3.8, 4) is 0 Å². The van der Waals surface area contributed by atoms with Gasteiger partial charge >= 0.3 is 6.03 Å². The number of rotatable bonds is 5. The Morgan fingerprint density at radius 2 is 1.96 bits per heavy atom. The molecule has 0 atom stereocenters. The minimum absolute atomic E-state index is 0.216. The lowest BCUT2D eigenvalue weighted by atomic mass is 10.1. The van der Waals surface area contributed by atoms with E-state index in [9.17, 15) is 4.79 Å². The van der Waals surface area contributed by atoms with Crippen LogP contribution in [0.3, 0.4) is 0 Å². The summed E-state index contributed by atoms with van der Waals surface area (Å²) in [6.45, 7) is 4.44. The molecule has 0 bridgehead atoms. The summed E-state index contributed by atoms with van der Waals surface area (Å²) in [4.78, 5) is 27.8. The highest BCUT2D eigenvalue weighted by atomic mass is 32.1. The van der Waals surface area contributed by atoms with Crippen molar-refractivity contribution in [2.75, 3.05) is 12.4 Å². The van der Waals surface area contributed by atoms with Crippen LogP contribution in [0.1, 0.15) is 27.4 Å². The molecule has 1 N–H and O–H groups in total. The zero-order valence-electron chi connectivity index (χ0n) is 15.1. The quantitative estimate of drug-likeness (QED) is 0.744. The molecule has 2 amide bonds. The number of urea groups is 1. The Morgan fingerprint density at radius 1 is 1.19 bits per heavy atom. The van der Waals surface area contributed by atoms with Gasteiger partial charge in [0.25, 0.3) is 0 Å². The number of anilines is 1. The molecule has 26 heavy (non-hydrogen) atoms. The van der Waals surface area contributed by atoms with Crippen LogP contribution < -0.4 is 5.32 Å². The second kappa shape index (κ2) is 8.05. The molecule has 0 spiro atoms. The van der Waals surface area contributed by atoms with Crippen molar-refractivity contribution in [1.29, 1.82) is 0 Å². The first-order chi connectivity index (χ1) is 12.5. The van der Waals surface area contributed by atoms with Crippen molar-refractivity contribution in [2.45, 2.75) is 26.8 Å². The third-order valence-corrected chi connectivity index (χ3v) is 5.03. The third-order valence-electron chi connectivity index (χ3n) is 3.95. The third kappa shape index (κ3) is 4.64. The molecule has 1 aromatic carbocycles. The van der Waals surface area contributed by atoms with E-state index >= 15 is 0 Å². The largest absolute Gasteiger partial charge is 0.323 e. The summed E-state index contributed by atoms with van der Waals surface area (Å²) in [7, 11) is 1.72. The van der Waals surface area contributed by atoms with E-state index in [0.717, 1.165) is 22.7 Å². The van der Waals surface area contributed by atoms with Gasteiger partial charge in [0, 0.05) is 30.7 Å². The van der Waals surface area contributed by atoms with Gasteiger partial charge in [0.05, 0.1) is 24.1 Å². The molecular formula is C19H21N5OS. The average molecular weight is 367 g/mol. The van der Waals surface area contributed by atoms with E-state index in [1.807, 2.05) is 6.92 Å². The molecule has 0 saturated carbocycles. The normalized spacial score (nSPS) is 10.6. The Kier molecular flexibility index (Phi) is 5.58. The van der Waals surface area contributed by atoms with Gasteiger partial charge in [0.1, 0.15) is 0 Å². The molecule has 0 radical (unpaired) electrons. The first-order valence-corrected chi connectivity index (χ1v) is 9.12. The number of nitrogens with zero attached hydrogens (tertiary/aromatic N) is 4. The summed E-state index contributed by atoms with van der Waals surface area (Å²) in [5.74, 6) is 0. The van der Waals surface area contributed by atoms with Crippen LogP contribution in [0.4, 0.5) is 9.93 Å². The van der Waals surface area contributed by atoms with Gasteiger partial charge in [-0.1, -0.05) is 29.8 Å². The summed E-state index contributed by atoms with van der Waals surface area (Å²) < 4.78 is 0.